The summed E-state index contributed by atoms with van der Waals surface area (Å²) >= 11 is 1.59. The fourth-order valence-electron chi connectivity index (χ4n) is 4.17. The number of fused-ring (bicyclic) bond motifs is 2. The average molecular weight is 546 g/mol. The third-order valence-corrected chi connectivity index (χ3v) is 10.3. The van der Waals surface area contributed by atoms with Gasteiger partial charge in [0.05, 0.1) is 0 Å². The Morgan fingerprint density at radius 2 is 1.90 bits per heavy atom. The first-order chi connectivity index (χ1) is 15.1. The van der Waals surface area contributed by atoms with Crippen molar-refractivity contribution in [1.29, 1.82) is 0 Å². The Labute approximate surface area is 195 Å². The number of ketones is 2. The van der Waals surface area contributed by atoms with Crippen molar-refractivity contribution >= 4 is 29.2 Å². The zero-order valence-corrected chi connectivity index (χ0v) is 19.8. The molecule has 1 aliphatic carbocycles. The Morgan fingerprint density at radius 3 is 2.81 bits per heavy atom. The summed E-state index contributed by atoms with van der Waals surface area (Å²) in [7, 11) is 0. The number of thioether (sulfide) groups is 1. The molecule has 1 saturated carbocycles. The first kappa shape index (κ1) is 20.8. The van der Waals surface area contributed by atoms with Crippen LogP contribution < -0.4 is 25.9 Å². The minimum absolute atomic E-state index is 0.0131. The van der Waals surface area contributed by atoms with Crippen molar-refractivity contribution in [1.82, 2.24) is 4.90 Å². The molecule has 5 rings (SSSR count). The molecule has 0 saturated heterocycles. The number of rotatable bonds is 4. The maximum atomic E-state index is 13.1. The molecular weight excluding hydrogens is 525 g/mol. The second-order valence-corrected chi connectivity index (χ2v) is 11.4. The summed E-state index contributed by atoms with van der Waals surface area (Å²) in [5.41, 5.74) is 1.44. The molecule has 0 N–H and O–H groups in total. The van der Waals surface area contributed by atoms with Crippen LogP contribution in [0.3, 0.4) is 0 Å². The molecule has 160 valence electrons. The summed E-state index contributed by atoms with van der Waals surface area (Å²) in [6.45, 7) is 0.830. The number of hydrogen-bond acceptors (Lipinski definition) is 5. The van der Waals surface area contributed by atoms with E-state index in [1.165, 1.54) is 13.4 Å². The van der Waals surface area contributed by atoms with Crippen LogP contribution in [-0.4, -0.2) is 35.0 Å². The van der Waals surface area contributed by atoms with Gasteiger partial charge >= 0.3 is 191 Å². The van der Waals surface area contributed by atoms with Gasteiger partial charge in [-0.15, -0.1) is 0 Å². The van der Waals surface area contributed by atoms with E-state index < -0.39 is 6.04 Å². The zero-order chi connectivity index (χ0) is 21.4. The quantitative estimate of drug-likeness (QED) is 0.424. The molecular formula is C24H21INO4S-. The van der Waals surface area contributed by atoms with Crippen molar-refractivity contribution in [3.8, 4) is 5.75 Å². The van der Waals surface area contributed by atoms with Gasteiger partial charge in [0, 0.05) is 0 Å². The van der Waals surface area contributed by atoms with Crippen LogP contribution in [0, 0.1) is 3.57 Å². The molecule has 0 aromatic heterocycles. The first-order valence-corrected chi connectivity index (χ1v) is 13.4. The molecule has 2 heterocycles. The number of Topliss-reactive ketones (excluding diaryl/α,β-unsaturated/α-hetero) is 2. The summed E-state index contributed by atoms with van der Waals surface area (Å²) in [6, 6.07) is 13.5. The number of amides is 1. The fourth-order valence-corrected chi connectivity index (χ4v) is 8.00. The topological polar surface area (TPSA) is 63.7 Å². The van der Waals surface area contributed by atoms with Crippen molar-refractivity contribution in [2.45, 2.75) is 43.2 Å². The van der Waals surface area contributed by atoms with Gasteiger partial charge in [0.1, 0.15) is 0 Å². The number of hydrogen-bond donors (Lipinski definition) is 0. The molecule has 2 aromatic rings. The third kappa shape index (κ3) is 4.17. The Hall–Kier alpha value is -2.13. The van der Waals surface area contributed by atoms with Gasteiger partial charge in [-0.3, -0.25) is 4.79 Å². The Morgan fingerprint density at radius 1 is 1.03 bits per heavy atom. The first-order valence-electron chi connectivity index (χ1n) is 10.3. The van der Waals surface area contributed by atoms with Crippen LogP contribution in [0.25, 0.3) is 0 Å². The normalized spacial score (nSPS) is 21.0. The zero-order valence-electron chi connectivity index (χ0n) is 16.8. The molecule has 0 radical (unpaired) electrons. The van der Waals surface area contributed by atoms with E-state index in [-0.39, 0.29) is 51.5 Å². The molecule has 1 unspecified atom stereocenters. The summed E-state index contributed by atoms with van der Waals surface area (Å²) in [5, 5.41) is 0. The van der Waals surface area contributed by atoms with Crippen LogP contribution in [0.2, 0.25) is 0 Å². The molecule has 1 atom stereocenters. The number of carbonyl (C=O) groups is 3. The van der Waals surface area contributed by atoms with Crippen molar-refractivity contribution in [3.05, 3.63) is 66.1 Å². The van der Waals surface area contributed by atoms with Crippen molar-refractivity contribution in [2.24, 2.45) is 0 Å². The summed E-state index contributed by atoms with van der Waals surface area (Å²) in [5.74, 6) is 0.649. The van der Waals surface area contributed by atoms with Gasteiger partial charge in [-0.1, -0.05) is 0 Å². The van der Waals surface area contributed by atoms with Crippen LogP contribution >= 0.6 is 11.8 Å². The number of carbonyl (C=O) groups excluding carboxylic acids is 3. The average Bonchev–Trinajstić information content (AvgIpc) is 3.03. The molecule has 2 aromatic carbocycles. The van der Waals surface area contributed by atoms with E-state index in [2.05, 4.69) is 28.3 Å². The second-order valence-electron chi connectivity index (χ2n) is 7.78. The molecule has 5 nitrogen and oxygen atoms in total. The van der Waals surface area contributed by atoms with Gasteiger partial charge in [-0.25, -0.2) is 0 Å². The molecule has 0 spiro atoms. The van der Waals surface area contributed by atoms with Crippen molar-refractivity contribution < 1.29 is 40.3 Å². The van der Waals surface area contributed by atoms with Gasteiger partial charge in [0.2, 0.25) is 0 Å². The molecule has 0 bridgehead atoms. The van der Waals surface area contributed by atoms with Crippen LogP contribution in [0.15, 0.2) is 56.3 Å². The molecule has 31 heavy (non-hydrogen) atoms. The van der Waals surface area contributed by atoms with Gasteiger partial charge in [-0.05, 0) is 0 Å². The third-order valence-electron chi connectivity index (χ3n) is 5.79. The van der Waals surface area contributed by atoms with E-state index in [9.17, 15) is 14.4 Å². The van der Waals surface area contributed by atoms with Gasteiger partial charge in [0.15, 0.2) is 0 Å². The van der Waals surface area contributed by atoms with Crippen molar-refractivity contribution in [2.75, 3.05) is 6.61 Å². The Kier molecular flexibility index (Phi) is 5.88. The van der Waals surface area contributed by atoms with E-state index in [1.807, 2.05) is 12.1 Å². The van der Waals surface area contributed by atoms with E-state index in [4.69, 9.17) is 4.74 Å². The van der Waals surface area contributed by atoms with Crippen LogP contribution in [0.5, 0.6) is 5.75 Å². The van der Waals surface area contributed by atoms with E-state index in [0.717, 1.165) is 5.56 Å². The Bertz CT molecular complexity index is 1110. The van der Waals surface area contributed by atoms with Crippen LogP contribution in [0.1, 0.15) is 41.6 Å². The number of ether oxygens (including phenoxy) is 1. The summed E-state index contributed by atoms with van der Waals surface area (Å²) in [6.07, 6.45) is 1.29. The fraction of sp³-hybridized carbons (Fsp3) is 0.292. The summed E-state index contributed by atoms with van der Waals surface area (Å²) in [4.78, 5) is 41.5. The monoisotopic (exact) mass is 546 g/mol. The Balaban J connectivity index is 1.31. The molecule has 1 amide bonds. The SMILES string of the molecule is O=C1CCC(=O)C(N2Cc3c(OCC4=C[I-]c5ccccc5S4)cccc3C2=O)CC1. The van der Waals surface area contributed by atoms with Gasteiger partial charge in [-0.2, -0.15) is 0 Å². The predicted molar refractivity (Wildman–Crippen MR) is 113 cm³/mol. The standard InChI is InChI=1S/C24H21INO4S/c27-15-8-10-20(21(28)11-9-15)26-13-18-17(24(26)29)4-3-6-22(18)30-14-16-12-25-19-5-1-2-7-23(19)31-16/h1-7,12,20H,8-11,13-14H2/q-1. The molecule has 7 heteroatoms. The van der Waals surface area contributed by atoms with Crippen LogP contribution in [-0.2, 0) is 16.1 Å². The minimum atomic E-state index is -0.517. The second kappa shape index (κ2) is 8.78. The molecule has 1 fully saturated rings. The van der Waals surface area contributed by atoms with E-state index in [1.54, 1.807) is 22.7 Å². The number of benzene rings is 2. The van der Waals surface area contributed by atoms with E-state index >= 15 is 0 Å². The van der Waals surface area contributed by atoms with Gasteiger partial charge < -0.3 is 0 Å². The predicted octanol–water partition coefficient (Wildman–Crippen LogP) is 1.01. The molecule has 2 aliphatic heterocycles. The number of halogens is 1. The maximum absolute atomic E-state index is 13.1. The van der Waals surface area contributed by atoms with Gasteiger partial charge in [0.25, 0.3) is 0 Å². The van der Waals surface area contributed by atoms with E-state index in [0.29, 0.717) is 37.3 Å². The van der Waals surface area contributed by atoms with Crippen molar-refractivity contribution in [3.63, 3.8) is 0 Å². The summed E-state index contributed by atoms with van der Waals surface area (Å²) < 4.78 is 9.90. The molecule has 3 aliphatic rings. The van der Waals surface area contributed by atoms with Crippen LogP contribution in [0.4, 0.5) is 0 Å². The number of nitrogens with zero attached hydrogens (tertiary/aromatic N) is 1.